The molecule has 0 aliphatic carbocycles. The molecule has 0 aliphatic heterocycles. The lowest BCUT2D eigenvalue weighted by atomic mass is 10.2. The molecule has 5 heteroatoms. The van der Waals surface area contributed by atoms with Gasteiger partial charge in [-0.2, -0.15) is 16.3 Å². The maximum atomic E-state index is 5.17. The third-order valence-corrected chi connectivity index (χ3v) is 3.09. The zero-order valence-electron chi connectivity index (χ0n) is 9.65. The summed E-state index contributed by atoms with van der Waals surface area (Å²) in [6.45, 7) is 6.84. The van der Waals surface area contributed by atoms with Gasteiger partial charge in [-0.15, -0.1) is 0 Å². The molecule has 16 heavy (non-hydrogen) atoms. The van der Waals surface area contributed by atoms with E-state index >= 15 is 0 Å². The molecule has 2 aromatic rings. The Balaban J connectivity index is 2.11. The fraction of sp³-hybridized carbons (Fsp3) is 0.455. The first-order valence-corrected chi connectivity index (χ1v) is 6.20. The lowest BCUT2D eigenvalue weighted by molar-refractivity contribution is 0.362. The summed E-state index contributed by atoms with van der Waals surface area (Å²) in [5.74, 6) is 1.31. The second-order valence-corrected chi connectivity index (χ2v) is 4.76. The summed E-state index contributed by atoms with van der Waals surface area (Å²) < 4.78 is 5.17. The van der Waals surface area contributed by atoms with Crippen LogP contribution >= 0.6 is 11.3 Å². The Bertz CT molecular complexity index is 461. The maximum Gasteiger partial charge on any atom is 0.240 e. The van der Waals surface area contributed by atoms with Crippen LogP contribution in [0.15, 0.2) is 15.3 Å². The van der Waals surface area contributed by atoms with E-state index in [2.05, 4.69) is 34.7 Å². The Labute approximate surface area is 98.7 Å². The van der Waals surface area contributed by atoms with Gasteiger partial charge in [0.1, 0.15) is 0 Å². The van der Waals surface area contributed by atoms with Crippen LogP contribution in [0.3, 0.4) is 0 Å². The maximum absolute atomic E-state index is 5.17. The number of aryl methyl sites for hydroxylation is 1. The molecule has 1 N–H and O–H groups in total. The molecule has 0 saturated carbocycles. The van der Waals surface area contributed by atoms with Crippen molar-refractivity contribution in [3.05, 3.63) is 22.2 Å². The van der Waals surface area contributed by atoms with Crippen LogP contribution in [0.2, 0.25) is 0 Å². The minimum atomic E-state index is 0.415. The van der Waals surface area contributed by atoms with Crippen molar-refractivity contribution in [1.29, 1.82) is 0 Å². The number of aromatic nitrogens is 2. The third kappa shape index (κ3) is 2.48. The van der Waals surface area contributed by atoms with Crippen molar-refractivity contribution in [1.82, 2.24) is 15.5 Å². The van der Waals surface area contributed by atoms with Gasteiger partial charge in [0.15, 0.2) is 0 Å². The van der Waals surface area contributed by atoms with Gasteiger partial charge < -0.3 is 9.84 Å². The van der Waals surface area contributed by atoms with E-state index in [1.165, 1.54) is 5.56 Å². The van der Waals surface area contributed by atoms with E-state index < -0.39 is 0 Å². The monoisotopic (exact) mass is 237 g/mol. The predicted octanol–water partition coefficient (Wildman–Crippen LogP) is 2.60. The third-order valence-electron chi connectivity index (χ3n) is 2.23. The van der Waals surface area contributed by atoms with Crippen LogP contribution in [0.1, 0.15) is 25.3 Å². The van der Waals surface area contributed by atoms with E-state index in [1.54, 1.807) is 11.3 Å². The van der Waals surface area contributed by atoms with Gasteiger partial charge in [-0.25, -0.2) is 0 Å². The topological polar surface area (TPSA) is 51.0 Å². The van der Waals surface area contributed by atoms with Gasteiger partial charge in [-0.1, -0.05) is 19.0 Å². The van der Waals surface area contributed by atoms with Crippen molar-refractivity contribution < 1.29 is 4.52 Å². The lowest BCUT2D eigenvalue weighted by Gasteiger charge is -2.02. The summed E-state index contributed by atoms with van der Waals surface area (Å²) in [7, 11) is 0. The molecule has 2 rings (SSSR count). The first-order chi connectivity index (χ1) is 7.66. The molecule has 0 aromatic carbocycles. The number of thiophene rings is 1. The van der Waals surface area contributed by atoms with Gasteiger partial charge in [0.05, 0.1) is 6.54 Å². The molecule has 0 aliphatic rings. The van der Waals surface area contributed by atoms with Gasteiger partial charge in [0.25, 0.3) is 0 Å². The molecular formula is C11H15N3OS. The first-order valence-electron chi connectivity index (χ1n) is 5.26. The smallest absolute Gasteiger partial charge is 0.240 e. The molecule has 0 fully saturated rings. The number of nitrogens with zero attached hydrogens (tertiary/aromatic N) is 2. The second kappa shape index (κ2) is 4.76. The molecular weight excluding hydrogens is 222 g/mol. The number of hydrogen-bond donors (Lipinski definition) is 1. The van der Waals surface area contributed by atoms with Crippen molar-refractivity contribution in [3.8, 4) is 11.4 Å². The second-order valence-electron chi connectivity index (χ2n) is 4.02. The minimum Gasteiger partial charge on any atom is -0.338 e. The average molecular weight is 237 g/mol. The zero-order chi connectivity index (χ0) is 11.5. The highest BCUT2D eigenvalue weighted by Crippen LogP contribution is 2.23. The Morgan fingerprint density at radius 3 is 2.88 bits per heavy atom. The fourth-order valence-electron chi connectivity index (χ4n) is 1.32. The highest BCUT2D eigenvalue weighted by Gasteiger charge is 2.11. The van der Waals surface area contributed by atoms with E-state index in [9.17, 15) is 0 Å². The largest absolute Gasteiger partial charge is 0.338 e. The zero-order valence-corrected chi connectivity index (χ0v) is 10.5. The number of hydrogen-bond acceptors (Lipinski definition) is 5. The van der Waals surface area contributed by atoms with Crippen molar-refractivity contribution in [2.24, 2.45) is 0 Å². The van der Waals surface area contributed by atoms with Crippen LogP contribution in [0, 0.1) is 6.92 Å². The highest BCUT2D eigenvalue weighted by molar-refractivity contribution is 7.08. The van der Waals surface area contributed by atoms with Crippen LogP contribution in [0.4, 0.5) is 0 Å². The Morgan fingerprint density at radius 1 is 1.44 bits per heavy atom. The van der Waals surface area contributed by atoms with Gasteiger partial charge in [-0.05, 0) is 17.9 Å². The molecule has 4 nitrogen and oxygen atoms in total. The van der Waals surface area contributed by atoms with Crippen molar-refractivity contribution in [2.45, 2.75) is 33.4 Å². The van der Waals surface area contributed by atoms with Crippen LogP contribution in [-0.4, -0.2) is 16.2 Å². The molecule has 0 spiro atoms. The summed E-state index contributed by atoms with van der Waals surface area (Å²) in [5.41, 5.74) is 2.25. The molecule has 2 aromatic heterocycles. The number of nitrogens with one attached hydrogen (secondary N) is 1. The van der Waals surface area contributed by atoms with E-state index in [1.807, 2.05) is 12.3 Å². The summed E-state index contributed by atoms with van der Waals surface area (Å²) >= 11 is 1.65. The minimum absolute atomic E-state index is 0.415. The van der Waals surface area contributed by atoms with Gasteiger partial charge in [0, 0.05) is 17.0 Å². The summed E-state index contributed by atoms with van der Waals surface area (Å²) in [6, 6.07) is 0.415. The molecule has 0 saturated heterocycles. The summed E-state index contributed by atoms with van der Waals surface area (Å²) in [6.07, 6.45) is 0. The Morgan fingerprint density at radius 2 is 2.25 bits per heavy atom. The van der Waals surface area contributed by atoms with E-state index in [4.69, 9.17) is 4.52 Å². The van der Waals surface area contributed by atoms with Gasteiger partial charge in [-0.3, -0.25) is 0 Å². The quantitative estimate of drug-likeness (QED) is 0.888. The summed E-state index contributed by atoms with van der Waals surface area (Å²) in [4.78, 5) is 4.35. The molecule has 0 bridgehead atoms. The first kappa shape index (κ1) is 11.3. The molecule has 0 atom stereocenters. The standard InChI is InChI=1S/C11H15N3OS/c1-7(2)12-4-10-13-11(14-15-10)9-6-16-5-8(9)3/h5-7,12H,4H2,1-3H3. The Hall–Kier alpha value is -1.20. The average Bonchev–Trinajstić information content (AvgIpc) is 2.83. The fourth-order valence-corrected chi connectivity index (χ4v) is 2.14. The van der Waals surface area contributed by atoms with Crippen molar-refractivity contribution in [2.75, 3.05) is 0 Å². The van der Waals surface area contributed by atoms with E-state index in [-0.39, 0.29) is 0 Å². The number of rotatable bonds is 4. The molecule has 86 valence electrons. The Kier molecular flexibility index (Phi) is 3.36. The van der Waals surface area contributed by atoms with E-state index in [0.717, 1.165) is 5.56 Å². The van der Waals surface area contributed by atoms with Crippen molar-refractivity contribution in [3.63, 3.8) is 0 Å². The van der Waals surface area contributed by atoms with Gasteiger partial charge in [0.2, 0.25) is 11.7 Å². The van der Waals surface area contributed by atoms with Crippen LogP contribution < -0.4 is 5.32 Å². The SMILES string of the molecule is Cc1cscc1-c1noc(CNC(C)C)n1. The van der Waals surface area contributed by atoms with Crippen LogP contribution in [-0.2, 0) is 6.54 Å². The van der Waals surface area contributed by atoms with Crippen LogP contribution in [0.25, 0.3) is 11.4 Å². The molecule has 0 radical (unpaired) electrons. The molecule has 0 unspecified atom stereocenters. The van der Waals surface area contributed by atoms with E-state index in [0.29, 0.717) is 24.3 Å². The van der Waals surface area contributed by atoms with Gasteiger partial charge >= 0.3 is 0 Å². The lowest BCUT2D eigenvalue weighted by Crippen LogP contribution is -2.21. The highest BCUT2D eigenvalue weighted by atomic mass is 32.1. The predicted molar refractivity (Wildman–Crippen MR) is 64.3 cm³/mol. The molecule has 0 amide bonds. The normalized spacial score (nSPS) is 11.2. The van der Waals surface area contributed by atoms with Crippen molar-refractivity contribution >= 4 is 11.3 Å². The summed E-state index contributed by atoms with van der Waals surface area (Å²) in [5, 5.41) is 11.3. The molecule has 2 heterocycles. The van der Waals surface area contributed by atoms with Crippen LogP contribution in [0.5, 0.6) is 0 Å².